The molecule has 0 bridgehead atoms. The third-order valence-corrected chi connectivity index (χ3v) is 4.88. The number of hydrogen-bond donors (Lipinski definition) is 0. The van der Waals surface area contributed by atoms with Crippen LogP contribution < -0.4 is 29.1 Å². The standard InChI is InChI=1S/C30H30O7/c1-6-13-32-22-19-25(35-16-9-4)27-26(20-22)37-29(30(28(27)31)36-17-10-5)21-11-12-23(33-14-7-2)24(18-21)34-15-8-3/h6-12,18-20H,1-5,13-17H2. The minimum absolute atomic E-state index is 0.00467. The van der Waals surface area contributed by atoms with E-state index in [1.54, 1.807) is 60.7 Å². The van der Waals surface area contributed by atoms with Crippen LogP contribution in [-0.2, 0) is 0 Å². The minimum Gasteiger partial charge on any atom is -0.489 e. The third-order valence-electron chi connectivity index (χ3n) is 4.88. The molecule has 0 unspecified atom stereocenters. The normalized spacial score (nSPS) is 10.3. The van der Waals surface area contributed by atoms with Gasteiger partial charge in [-0.15, -0.1) is 0 Å². The first-order chi connectivity index (χ1) is 18.1. The molecule has 0 saturated heterocycles. The molecule has 0 saturated carbocycles. The maximum absolute atomic E-state index is 13.7. The average Bonchev–Trinajstić information content (AvgIpc) is 2.91. The molecule has 7 nitrogen and oxygen atoms in total. The zero-order valence-electron chi connectivity index (χ0n) is 20.7. The van der Waals surface area contributed by atoms with Crippen LogP contribution in [0, 0.1) is 0 Å². The van der Waals surface area contributed by atoms with Gasteiger partial charge >= 0.3 is 0 Å². The number of ether oxygens (including phenoxy) is 5. The quantitative estimate of drug-likeness (QED) is 0.213. The molecule has 0 fully saturated rings. The molecular formula is C30H30O7. The highest BCUT2D eigenvalue weighted by molar-refractivity contribution is 5.89. The smallest absolute Gasteiger partial charge is 0.239 e. The predicted molar refractivity (Wildman–Crippen MR) is 146 cm³/mol. The van der Waals surface area contributed by atoms with Crippen molar-refractivity contribution in [3.8, 4) is 40.1 Å². The van der Waals surface area contributed by atoms with Gasteiger partial charge in [0.15, 0.2) is 17.3 Å². The molecule has 1 aromatic heterocycles. The highest BCUT2D eigenvalue weighted by atomic mass is 16.5. The maximum atomic E-state index is 13.7. The molecular weight excluding hydrogens is 472 g/mol. The van der Waals surface area contributed by atoms with Crippen LogP contribution >= 0.6 is 0 Å². The Morgan fingerprint density at radius 2 is 1.22 bits per heavy atom. The van der Waals surface area contributed by atoms with Gasteiger partial charge in [-0.25, -0.2) is 0 Å². The van der Waals surface area contributed by atoms with Gasteiger partial charge in [-0.1, -0.05) is 63.3 Å². The van der Waals surface area contributed by atoms with Gasteiger partial charge < -0.3 is 28.1 Å². The summed E-state index contributed by atoms with van der Waals surface area (Å²) in [5.41, 5.74) is 0.383. The van der Waals surface area contributed by atoms with Crippen molar-refractivity contribution in [2.24, 2.45) is 0 Å². The summed E-state index contributed by atoms with van der Waals surface area (Å²) in [6, 6.07) is 8.42. The first-order valence-corrected chi connectivity index (χ1v) is 11.6. The van der Waals surface area contributed by atoms with Gasteiger partial charge in [0, 0.05) is 17.7 Å². The Balaban J connectivity index is 2.27. The van der Waals surface area contributed by atoms with Crippen molar-refractivity contribution in [1.29, 1.82) is 0 Å². The second-order valence-corrected chi connectivity index (χ2v) is 7.54. The molecule has 3 rings (SSSR count). The number of fused-ring (bicyclic) bond motifs is 1. The van der Waals surface area contributed by atoms with E-state index in [4.69, 9.17) is 28.1 Å². The molecule has 0 aliphatic carbocycles. The van der Waals surface area contributed by atoms with Crippen LogP contribution in [-0.4, -0.2) is 33.0 Å². The van der Waals surface area contributed by atoms with Crippen LogP contribution in [0.5, 0.6) is 28.7 Å². The van der Waals surface area contributed by atoms with Crippen molar-refractivity contribution >= 4 is 11.0 Å². The number of hydrogen-bond acceptors (Lipinski definition) is 7. The fourth-order valence-corrected chi connectivity index (χ4v) is 3.39. The van der Waals surface area contributed by atoms with E-state index in [0.717, 1.165) is 0 Å². The van der Waals surface area contributed by atoms with Crippen LogP contribution in [0.25, 0.3) is 22.3 Å². The SMILES string of the molecule is C=CCOc1cc(OCC=C)c2c(=O)c(OCC=C)c(-c3ccc(OCC=C)c(OCC=C)c3)oc2c1. The second kappa shape index (κ2) is 13.4. The highest BCUT2D eigenvalue weighted by Gasteiger charge is 2.23. The molecule has 0 N–H and O–H groups in total. The predicted octanol–water partition coefficient (Wildman–Crippen LogP) is 6.28. The molecule has 37 heavy (non-hydrogen) atoms. The van der Waals surface area contributed by atoms with E-state index in [2.05, 4.69) is 32.9 Å². The maximum Gasteiger partial charge on any atom is 0.239 e. The Labute approximate surface area is 216 Å². The van der Waals surface area contributed by atoms with Crippen molar-refractivity contribution in [3.05, 3.63) is 104 Å². The van der Waals surface area contributed by atoms with Crippen LogP contribution in [0.2, 0.25) is 0 Å². The van der Waals surface area contributed by atoms with Gasteiger partial charge in [0.25, 0.3) is 0 Å². The summed E-state index contributed by atoms with van der Waals surface area (Å²) in [7, 11) is 0. The fraction of sp³-hybridized carbons (Fsp3) is 0.167. The largest absolute Gasteiger partial charge is 0.489 e. The zero-order chi connectivity index (χ0) is 26.6. The molecule has 1 heterocycles. The van der Waals surface area contributed by atoms with Crippen LogP contribution in [0.3, 0.4) is 0 Å². The Bertz CT molecular complexity index is 1350. The molecule has 0 spiro atoms. The Hall–Kier alpha value is -4.65. The van der Waals surface area contributed by atoms with E-state index >= 15 is 0 Å². The van der Waals surface area contributed by atoms with E-state index in [-0.39, 0.29) is 54.7 Å². The van der Waals surface area contributed by atoms with Crippen molar-refractivity contribution in [1.82, 2.24) is 0 Å². The van der Waals surface area contributed by atoms with Gasteiger partial charge in [0.2, 0.25) is 11.2 Å². The van der Waals surface area contributed by atoms with E-state index in [1.807, 2.05) is 0 Å². The van der Waals surface area contributed by atoms with Crippen molar-refractivity contribution in [2.45, 2.75) is 0 Å². The van der Waals surface area contributed by atoms with E-state index in [9.17, 15) is 4.79 Å². The molecule has 0 atom stereocenters. The molecule has 3 aromatic rings. The zero-order valence-corrected chi connectivity index (χ0v) is 20.7. The van der Waals surface area contributed by atoms with Gasteiger partial charge in [-0.2, -0.15) is 0 Å². The van der Waals surface area contributed by atoms with Gasteiger partial charge in [0.1, 0.15) is 55.5 Å². The Morgan fingerprint density at radius 1 is 0.649 bits per heavy atom. The first kappa shape index (κ1) is 26.9. The summed E-state index contributed by atoms with van der Waals surface area (Å²) < 4.78 is 35.1. The minimum atomic E-state index is -0.409. The van der Waals surface area contributed by atoms with E-state index < -0.39 is 5.43 Å². The topological polar surface area (TPSA) is 76.4 Å². The van der Waals surface area contributed by atoms with Gasteiger partial charge in [-0.3, -0.25) is 4.79 Å². The monoisotopic (exact) mass is 502 g/mol. The lowest BCUT2D eigenvalue weighted by Crippen LogP contribution is -2.12. The van der Waals surface area contributed by atoms with Crippen molar-refractivity contribution < 1.29 is 28.1 Å². The van der Waals surface area contributed by atoms with Crippen LogP contribution in [0.15, 0.2) is 103 Å². The summed E-state index contributed by atoms with van der Waals surface area (Å²) in [6.45, 7) is 19.5. The Kier molecular flexibility index (Phi) is 9.79. The molecule has 2 aromatic carbocycles. The number of benzene rings is 2. The Morgan fingerprint density at radius 3 is 1.86 bits per heavy atom. The van der Waals surface area contributed by atoms with Crippen LogP contribution in [0.1, 0.15) is 0 Å². The average molecular weight is 503 g/mol. The summed E-state index contributed by atoms with van der Waals surface area (Å²) in [6.07, 6.45) is 7.98. The second-order valence-electron chi connectivity index (χ2n) is 7.54. The summed E-state index contributed by atoms with van der Waals surface area (Å²) >= 11 is 0. The molecule has 0 aliphatic rings. The molecule has 192 valence electrons. The van der Waals surface area contributed by atoms with Crippen LogP contribution in [0.4, 0.5) is 0 Å². The lowest BCUT2D eigenvalue weighted by molar-refractivity contribution is 0.308. The first-order valence-electron chi connectivity index (χ1n) is 11.6. The van der Waals surface area contributed by atoms with E-state index in [0.29, 0.717) is 29.4 Å². The molecule has 7 heteroatoms. The summed E-state index contributed by atoms with van der Waals surface area (Å²) in [5.74, 6) is 1.88. The molecule has 0 aliphatic heterocycles. The fourth-order valence-electron chi connectivity index (χ4n) is 3.39. The van der Waals surface area contributed by atoms with Gasteiger partial charge in [0.05, 0.1) is 0 Å². The third kappa shape index (κ3) is 6.52. The van der Waals surface area contributed by atoms with Crippen molar-refractivity contribution in [3.63, 3.8) is 0 Å². The highest BCUT2D eigenvalue weighted by Crippen LogP contribution is 2.39. The molecule has 0 amide bonds. The van der Waals surface area contributed by atoms with Crippen molar-refractivity contribution in [2.75, 3.05) is 33.0 Å². The lowest BCUT2D eigenvalue weighted by Gasteiger charge is -2.16. The van der Waals surface area contributed by atoms with E-state index in [1.165, 1.54) is 0 Å². The molecule has 0 radical (unpaired) electrons. The van der Waals surface area contributed by atoms with Gasteiger partial charge in [-0.05, 0) is 18.2 Å². The number of rotatable bonds is 16. The summed E-state index contributed by atoms with van der Waals surface area (Å²) in [5, 5.41) is 0.213. The summed E-state index contributed by atoms with van der Waals surface area (Å²) in [4.78, 5) is 13.7. The lowest BCUT2D eigenvalue weighted by atomic mass is 10.1.